The molecule has 0 radical (unpaired) electrons. The molecule has 0 atom stereocenters. The summed E-state index contributed by atoms with van der Waals surface area (Å²) in [5.41, 5.74) is 12.0. The Bertz CT molecular complexity index is 539. The van der Waals surface area contributed by atoms with Crippen LogP contribution in [0.4, 0.5) is 5.82 Å². The molecule has 0 aliphatic rings. The van der Waals surface area contributed by atoms with Crippen molar-refractivity contribution in [3.05, 3.63) is 53.5 Å². The SMILES string of the molecule is NC(=O)c1cnc(Cc2ccccc2)nc1N. The van der Waals surface area contributed by atoms with Crippen LogP contribution in [0.3, 0.4) is 0 Å². The Hall–Kier alpha value is -2.43. The second kappa shape index (κ2) is 4.61. The van der Waals surface area contributed by atoms with E-state index in [1.54, 1.807) is 0 Å². The summed E-state index contributed by atoms with van der Waals surface area (Å²) >= 11 is 0. The second-order valence-electron chi connectivity index (χ2n) is 3.61. The number of nitrogens with two attached hydrogens (primary N) is 2. The number of anilines is 1. The van der Waals surface area contributed by atoms with Crippen LogP contribution in [0.25, 0.3) is 0 Å². The fraction of sp³-hybridized carbons (Fsp3) is 0.0833. The number of carbonyl (C=O) groups is 1. The summed E-state index contributed by atoms with van der Waals surface area (Å²) in [6.07, 6.45) is 1.94. The molecule has 4 N–H and O–H groups in total. The van der Waals surface area contributed by atoms with E-state index in [0.717, 1.165) is 5.56 Å². The molecule has 2 rings (SSSR count). The normalized spacial score (nSPS) is 10.1. The molecule has 0 fully saturated rings. The van der Waals surface area contributed by atoms with Crippen LogP contribution in [0.5, 0.6) is 0 Å². The highest BCUT2D eigenvalue weighted by atomic mass is 16.1. The summed E-state index contributed by atoms with van der Waals surface area (Å²) in [6.45, 7) is 0. The van der Waals surface area contributed by atoms with E-state index in [1.165, 1.54) is 6.20 Å². The van der Waals surface area contributed by atoms with E-state index in [1.807, 2.05) is 30.3 Å². The van der Waals surface area contributed by atoms with Gasteiger partial charge in [-0.15, -0.1) is 0 Å². The minimum Gasteiger partial charge on any atom is -0.383 e. The van der Waals surface area contributed by atoms with Crippen LogP contribution < -0.4 is 11.5 Å². The molecule has 1 aromatic heterocycles. The number of nitrogen functional groups attached to an aromatic ring is 1. The summed E-state index contributed by atoms with van der Waals surface area (Å²) in [5, 5.41) is 0. The molecule has 5 heteroatoms. The largest absolute Gasteiger partial charge is 0.383 e. The molecule has 0 bridgehead atoms. The lowest BCUT2D eigenvalue weighted by atomic mass is 10.1. The highest BCUT2D eigenvalue weighted by Crippen LogP contribution is 2.10. The summed E-state index contributed by atoms with van der Waals surface area (Å²) in [7, 11) is 0. The van der Waals surface area contributed by atoms with Gasteiger partial charge in [-0.2, -0.15) is 0 Å². The summed E-state index contributed by atoms with van der Waals surface area (Å²) in [4.78, 5) is 19.1. The molecule has 5 nitrogen and oxygen atoms in total. The van der Waals surface area contributed by atoms with E-state index in [4.69, 9.17) is 11.5 Å². The number of hydrogen-bond donors (Lipinski definition) is 2. The molecule has 0 aliphatic carbocycles. The summed E-state index contributed by atoms with van der Waals surface area (Å²) in [6, 6.07) is 9.77. The standard InChI is InChI=1S/C12H12N4O/c13-11-9(12(14)17)7-15-10(16-11)6-8-4-2-1-3-5-8/h1-5,7H,6H2,(H2,14,17)(H2,13,15,16). The first-order chi connectivity index (χ1) is 8.16. The van der Waals surface area contributed by atoms with Crippen LogP contribution in [0.1, 0.15) is 21.7 Å². The van der Waals surface area contributed by atoms with Crippen LogP contribution in [-0.4, -0.2) is 15.9 Å². The first-order valence-electron chi connectivity index (χ1n) is 5.12. The second-order valence-corrected chi connectivity index (χ2v) is 3.61. The van der Waals surface area contributed by atoms with Crippen molar-refractivity contribution in [3.63, 3.8) is 0 Å². The molecule has 0 aliphatic heterocycles. The number of aromatic nitrogens is 2. The number of hydrogen-bond acceptors (Lipinski definition) is 4. The number of benzene rings is 1. The van der Waals surface area contributed by atoms with Gasteiger partial charge in [-0.05, 0) is 5.56 Å². The molecule has 86 valence electrons. The van der Waals surface area contributed by atoms with Crippen LogP contribution in [0, 0.1) is 0 Å². The van der Waals surface area contributed by atoms with E-state index in [2.05, 4.69) is 9.97 Å². The van der Waals surface area contributed by atoms with Gasteiger partial charge in [0.1, 0.15) is 11.6 Å². The van der Waals surface area contributed by atoms with E-state index in [0.29, 0.717) is 12.2 Å². The quantitative estimate of drug-likeness (QED) is 0.810. The third-order valence-electron chi connectivity index (χ3n) is 2.34. The van der Waals surface area contributed by atoms with E-state index in [-0.39, 0.29) is 11.4 Å². The smallest absolute Gasteiger partial charge is 0.254 e. The van der Waals surface area contributed by atoms with Gasteiger partial charge in [0.05, 0.1) is 5.56 Å². The fourth-order valence-electron chi connectivity index (χ4n) is 1.49. The van der Waals surface area contributed by atoms with Gasteiger partial charge in [-0.1, -0.05) is 30.3 Å². The molecule has 1 amide bonds. The lowest BCUT2D eigenvalue weighted by Gasteiger charge is -2.04. The topological polar surface area (TPSA) is 94.9 Å². The summed E-state index contributed by atoms with van der Waals surface area (Å²) < 4.78 is 0. The molecular weight excluding hydrogens is 216 g/mol. The fourth-order valence-corrected chi connectivity index (χ4v) is 1.49. The lowest BCUT2D eigenvalue weighted by Crippen LogP contribution is -2.16. The average molecular weight is 228 g/mol. The third kappa shape index (κ3) is 2.57. The Morgan fingerprint density at radius 3 is 2.53 bits per heavy atom. The van der Waals surface area contributed by atoms with Crippen LogP contribution >= 0.6 is 0 Å². The van der Waals surface area contributed by atoms with Crippen LogP contribution in [-0.2, 0) is 6.42 Å². The van der Waals surface area contributed by atoms with Gasteiger partial charge in [0, 0.05) is 12.6 Å². The van der Waals surface area contributed by atoms with Crippen LogP contribution in [0.2, 0.25) is 0 Å². The lowest BCUT2D eigenvalue weighted by molar-refractivity contribution is 0.100. The maximum Gasteiger partial charge on any atom is 0.254 e. The van der Waals surface area contributed by atoms with Gasteiger partial charge >= 0.3 is 0 Å². The Kier molecular flexibility index (Phi) is 3.00. The van der Waals surface area contributed by atoms with Gasteiger partial charge in [0.2, 0.25) is 0 Å². The number of amides is 1. The molecule has 17 heavy (non-hydrogen) atoms. The molecule has 0 unspecified atom stereocenters. The predicted molar refractivity (Wildman–Crippen MR) is 64.2 cm³/mol. The average Bonchev–Trinajstić information content (AvgIpc) is 2.30. The van der Waals surface area contributed by atoms with Gasteiger partial charge in [0.15, 0.2) is 0 Å². The maximum absolute atomic E-state index is 11.0. The number of carbonyl (C=O) groups excluding carboxylic acids is 1. The van der Waals surface area contributed by atoms with Crippen molar-refractivity contribution in [2.24, 2.45) is 5.73 Å². The monoisotopic (exact) mass is 228 g/mol. The minimum absolute atomic E-state index is 0.124. The zero-order chi connectivity index (χ0) is 12.3. The van der Waals surface area contributed by atoms with Crippen molar-refractivity contribution in [1.29, 1.82) is 0 Å². The highest BCUT2D eigenvalue weighted by molar-refractivity contribution is 5.96. The third-order valence-corrected chi connectivity index (χ3v) is 2.34. The van der Waals surface area contributed by atoms with E-state index < -0.39 is 5.91 Å². The molecule has 0 saturated heterocycles. The van der Waals surface area contributed by atoms with Gasteiger partial charge in [-0.25, -0.2) is 9.97 Å². The van der Waals surface area contributed by atoms with E-state index in [9.17, 15) is 4.79 Å². The molecular formula is C12H12N4O. The Morgan fingerprint density at radius 1 is 1.24 bits per heavy atom. The number of primary amides is 1. The maximum atomic E-state index is 11.0. The Balaban J connectivity index is 2.24. The highest BCUT2D eigenvalue weighted by Gasteiger charge is 2.09. The van der Waals surface area contributed by atoms with Crippen molar-refractivity contribution in [3.8, 4) is 0 Å². The van der Waals surface area contributed by atoms with Gasteiger partial charge < -0.3 is 11.5 Å². The van der Waals surface area contributed by atoms with Crippen LogP contribution in [0.15, 0.2) is 36.5 Å². The minimum atomic E-state index is -0.617. The molecule has 2 aromatic rings. The van der Waals surface area contributed by atoms with Crippen molar-refractivity contribution >= 4 is 11.7 Å². The molecule has 0 spiro atoms. The number of nitrogens with zero attached hydrogens (tertiary/aromatic N) is 2. The zero-order valence-corrected chi connectivity index (χ0v) is 9.13. The van der Waals surface area contributed by atoms with E-state index >= 15 is 0 Å². The molecule has 1 heterocycles. The first-order valence-corrected chi connectivity index (χ1v) is 5.12. The van der Waals surface area contributed by atoms with Crippen molar-refractivity contribution < 1.29 is 4.79 Å². The molecule has 0 saturated carbocycles. The number of rotatable bonds is 3. The summed E-state index contributed by atoms with van der Waals surface area (Å²) in [5.74, 6) is 0.0749. The van der Waals surface area contributed by atoms with Crippen molar-refractivity contribution in [2.45, 2.75) is 6.42 Å². The first kappa shape index (κ1) is 11.1. The van der Waals surface area contributed by atoms with Crippen molar-refractivity contribution in [2.75, 3.05) is 5.73 Å². The predicted octanol–water partition coefficient (Wildman–Crippen LogP) is 0.748. The van der Waals surface area contributed by atoms with Crippen molar-refractivity contribution in [1.82, 2.24) is 9.97 Å². The Labute approximate surface area is 98.5 Å². The van der Waals surface area contributed by atoms with Gasteiger partial charge in [-0.3, -0.25) is 4.79 Å². The molecule has 1 aromatic carbocycles. The van der Waals surface area contributed by atoms with Gasteiger partial charge in [0.25, 0.3) is 5.91 Å². The Morgan fingerprint density at radius 2 is 1.94 bits per heavy atom. The zero-order valence-electron chi connectivity index (χ0n) is 9.13.